The van der Waals surface area contributed by atoms with Gasteiger partial charge in [0.1, 0.15) is 5.75 Å². The lowest BCUT2D eigenvalue weighted by molar-refractivity contribution is -0.127. The molecule has 1 heterocycles. The molecule has 0 radical (unpaired) electrons. The van der Waals surface area contributed by atoms with E-state index in [1.165, 1.54) is 37.1 Å². The molecular formula is C23H30N2O2. The van der Waals surface area contributed by atoms with Gasteiger partial charge < -0.3 is 10.1 Å². The van der Waals surface area contributed by atoms with Gasteiger partial charge in [-0.15, -0.1) is 0 Å². The van der Waals surface area contributed by atoms with Gasteiger partial charge in [-0.25, -0.2) is 0 Å². The van der Waals surface area contributed by atoms with E-state index in [0.717, 1.165) is 23.4 Å². The minimum Gasteiger partial charge on any atom is -0.481 e. The number of aryl methyl sites for hydroxylation is 2. The van der Waals surface area contributed by atoms with E-state index in [-0.39, 0.29) is 5.91 Å². The molecule has 4 nitrogen and oxygen atoms in total. The van der Waals surface area contributed by atoms with Gasteiger partial charge in [0, 0.05) is 13.1 Å². The quantitative estimate of drug-likeness (QED) is 0.806. The van der Waals surface area contributed by atoms with Crippen molar-refractivity contribution in [1.82, 2.24) is 10.2 Å². The largest absolute Gasteiger partial charge is 0.481 e. The van der Waals surface area contributed by atoms with Crippen molar-refractivity contribution in [3.63, 3.8) is 0 Å². The van der Waals surface area contributed by atoms with E-state index in [9.17, 15) is 4.79 Å². The van der Waals surface area contributed by atoms with Crippen LogP contribution in [0.3, 0.4) is 0 Å². The molecule has 1 aliphatic rings. The molecule has 0 bridgehead atoms. The number of carbonyl (C=O) groups excluding carboxylic acids is 1. The topological polar surface area (TPSA) is 41.6 Å². The number of likely N-dealkylation sites (tertiary alicyclic amines) is 1. The number of amides is 1. The lowest BCUT2D eigenvalue weighted by Gasteiger charge is -2.17. The molecule has 1 fully saturated rings. The predicted octanol–water partition coefficient (Wildman–Crippen LogP) is 3.98. The zero-order valence-corrected chi connectivity index (χ0v) is 16.6. The van der Waals surface area contributed by atoms with E-state index in [4.69, 9.17) is 4.74 Å². The van der Waals surface area contributed by atoms with Crippen LogP contribution >= 0.6 is 0 Å². The minimum absolute atomic E-state index is 0.0989. The van der Waals surface area contributed by atoms with Crippen molar-refractivity contribution in [3.05, 3.63) is 64.7 Å². The van der Waals surface area contributed by atoms with Gasteiger partial charge in [0.2, 0.25) is 0 Å². The van der Waals surface area contributed by atoms with Gasteiger partial charge in [-0.1, -0.05) is 30.3 Å². The Morgan fingerprint density at radius 3 is 2.56 bits per heavy atom. The van der Waals surface area contributed by atoms with Crippen molar-refractivity contribution in [2.75, 3.05) is 13.1 Å². The monoisotopic (exact) mass is 366 g/mol. The summed E-state index contributed by atoms with van der Waals surface area (Å²) in [5.74, 6) is 0.631. The third-order valence-corrected chi connectivity index (χ3v) is 5.22. The van der Waals surface area contributed by atoms with Crippen LogP contribution in [0.15, 0.2) is 42.5 Å². The van der Waals surface area contributed by atoms with Gasteiger partial charge >= 0.3 is 0 Å². The molecule has 27 heavy (non-hydrogen) atoms. The van der Waals surface area contributed by atoms with Gasteiger partial charge in [-0.2, -0.15) is 0 Å². The van der Waals surface area contributed by atoms with Gasteiger partial charge in [0.15, 0.2) is 6.10 Å². The highest BCUT2D eigenvalue weighted by molar-refractivity contribution is 5.80. The highest BCUT2D eigenvalue weighted by atomic mass is 16.5. The molecule has 2 aromatic rings. The molecule has 0 unspecified atom stereocenters. The summed E-state index contributed by atoms with van der Waals surface area (Å²) >= 11 is 0. The van der Waals surface area contributed by atoms with Crippen LogP contribution in [0.25, 0.3) is 0 Å². The van der Waals surface area contributed by atoms with Crippen molar-refractivity contribution in [2.24, 2.45) is 0 Å². The highest BCUT2D eigenvalue weighted by Gasteiger charge is 2.15. The molecule has 1 atom stereocenters. The molecule has 1 amide bonds. The second kappa shape index (κ2) is 9.05. The molecule has 1 aliphatic heterocycles. The highest BCUT2D eigenvalue weighted by Crippen LogP contribution is 2.18. The van der Waals surface area contributed by atoms with Crippen LogP contribution in [0.1, 0.15) is 42.0 Å². The van der Waals surface area contributed by atoms with Crippen LogP contribution in [-0.2, 0) is 17.9 Å². The van der Waals surface area contributed by atoms with Crippen molar-refractivity contribution in [2.45, 2.75) is 52.8 Å². The van der Waals surface area contributed by atoms with E-state index in [1.807, 2.05) is 25.1 Å². The van der Waals surface area contributed by atoms with E-state index < -0.39 is 6.10 Å². The van der Waals surface area contributed by atoms with Crippen LogP contribution in [0.5, 0.6) is 5.75 Å². The number of benzene rings is 2. The average Bonchev–Trinajstić information content (AvgIpc) is 3.16. The van der Waals surface area contributed by atoms with E-state index in [0.29, 0.717) is 6.54 Å². The molecule has 0 saturated carbocycles. The Labute approximate surface area is 162 Å². The first-order valence-electron chi connectivity index (χ1n) is 9.83. The van der Waals surface area contributed by atoms with Crippen molar-refractivity contribution < 1.29 is 9.53 Å². The first-order valence-corrected chi connectivity index (χ1v) is 9.83. The van der Waals surface area contributed by atoms with Crippen LogP contribution in [-0.4, -0.2) is 30.0 Å². The number of ether oxygens (including phenoxy) is 1. The van der Waals surface area contributed by atoms with Crippen molar-refractivity contribution in [3.8, 4) is 5.75 Å². The summed E-state index contributed by atoms with van der Waals surface area (Å²) in [6, 6.07) is 14.4. The number of carbonyl (C=O) groups is 1. The average molecular weight is 367 g/mol. The Bertz CT molecular complexity index is 782. The van der Waals surface area contributed by atoms with Gasteiger partial charge in [-0.3, -0.25) is 9.69 Å². The fourth-order valence-electron chi connectivity index (χ4n) is 3.41. The number of nitrogens with one attached hydrogen (secondary N) is 1. The summed E-state index contributed by atoms with van der Waals surface area (Å²) in [7, 11) is 0. The van der Waals surface area contributed by atoms with Gasteiger partial charge in [0.05, 0.1) is 0 Å². The fraction of sp³-hybridized carbons (Fsp3) is 0.435. The summed E-state index contributed by atoms with van der Waals surface area (Å²) in [4.78, 5) is 14.9. The molecule has 0 aliphatic carbocycles. The minimum atomic E-state index is -0.528. The number of rotatable bonds is 7. The summed E-state index contributed by atoms with van der Waals surface area (Å²) in [6.07, 6.45) is 2.07. The Morgan fingerprint density at radius 1 is 1.07 bits per heavy atom. The summed E-state index contributed by atoms with van der Waals surface area (Å²) < 4.78 is 5.79. The van der Waals surface area contributed by atoms with Gasteiger partial charge in [-0.05, 0) is 81.1 Å². The second-order valence-corrected chi connectivity index (χ2v) is 7.53. The van der Waals surface area contributed by atoms with Crippen LogP contribution in [0.4, 0.5) is 0 Å². The Morgan fingerprint density at radius 2 is 1.81 bits per heavy atom. The third-order valence-electron chi connectivity index (χ3n) is 5.22. The maximum atomic E-state index is 12.4. The van der Waals surface area contributed by atoms with E-state index >= 15 is 0 Å². The lowest BCUT2D eigenvalue weighted by Crippen LogP contribution is -2.35. The zero-order chi connectivity index (χ0) is 19.2. The molecule has 4 heteroatoms. The molecular weight excluding hydrogens is 336 g/mol. The Kier molecular flexibility index (Phi) is 6.51. The van der Waals surface area contributed by atoms with Crippen LogP contribution in [0.2, 0.25) is 0 Å². The van der Waals surface area contributed by atoms with Crippen LogP contribution in [0, 0.1) is 13.8 Å². The number of nitrogens with zero attached hydrogens (tertiary/aromatic N) is 1. The molecule has 0 spiro atoms. The number of hydrogen-bond donors (Lipinski definition) is 1. The van der Waals surface area contributed by atoms with E-state index in [1.54, 1.807) is 6.92 Å². The van der Waals surface area contributed by atoms with Crippen molar-refractivity contribution in [1.29, 1.82) is 0 Å². The molecule has 1 saturated heterocycles. The first kappa shape index (κ1) is 19.4. The summed E-state index contributed by atoms with van der Waals surface area (Å²) in [5, 5.41) is 2.99. The van der Waals surface area contributed by atoms with Crippen molar-refractivity contribution >= 4 is 5.91 Å². The Balaban J connectivity index is 1.51. The van der Waals surface area contributed by atoms with Crippen LogP contribution < -0.4 is 10.1 Å². The molecule has 2 aromatic carbocycles. The smallest absolute Gasteiger partial charge is 0.261 e. The zero-order valence-electron chi connectivity index (χ0n) is 16.6. The molecule has 0 aromatic heterocycles. The third kappa shape index (κ3) is 5.57. The summed E-state index contributed by atoms with van der Waals surface area (Å²) in [6.45, 7) is 9.79. The Hall–Kier alpha value is -2.33. The molecule has 144 valence electrons. The standard InChI is InChI=1S/C23H30N2O2/c1-17-9-10-22(13-18(17)2)27-19(3)23(26)24-15-20-7-6-8-21(14-20)16-25-11-4-5-12-25/h6-10,13-14,19H,4-5,11-12,15-16H2,1-3H3,(H,24,26)/t19-/m0/s1. The van der Waals surface area contributed by atoms with Gasteiger partial charge in [0.25, 0.3) is 5.91 Å². The maximum Gasteiger partial charge on any atom is 0.261 e. The second-order valence-electron chi connectivity index (χ2n) is 7.53. The first-order chi connectivity index (χ1) is 13.0. The van der Waals surface area contributed by atoms with E-state index in [2.05, 4.69) is 41.4 Å². The SMILES string of the molecule is Cc1ccc(O[C@@H](C)C(=O)NCc2cccc(CN3CCCC3)c2)cc1C. The molecule has 3 rings (SSSR count). The molecule has 1 N–H and O–H groups in total. The lowest BCUT2D eigenvalue weighted by atomic mass is 10.1. The summed E-state index contributed by atoms with van der Waals surface area (Å²) in [5.41, 5.74) is 4.81. The normalized spacial score (nSPS) is 15.5. The maximum absolute atomic E-state index is 12.4. The fourth-order valence-corrected chi connectivity index (χ4v) is 3.41. The predicted molar refractivity (Wildman–Crippen MR) is 109 cm³/mol. The number of hydrogen-bond acceptors (Lipinski definition) is 3.